The Morgan fingerprint density at radius 1 is 1.57 bits per heavy atom. The largest absolute Gasteiger partial charge is 0.504 e. The van der Waals surface area contributed by atoms with Crippen LogP contribution in [0.3, 0.4) is 0 Å². The fraction of sp³-hybridized carbons (Fsp3) is 0.273. The molecular weight excluding hydrogens is 178 g/mol. The van der Waals surface area contributed by atoms with Gasteiger partial charge in [-0.2, -0.15) is 0 Å². The van der Waals surface area contributed by atoms with E-state index in [1.807, 2.05) is 6.07 Å². The highest BCUT2D eigenvalue weighted by molar-refractivity contribution is 5.66. The molecular formula is C11H15NO2. The van der Waals surface area contributed by atoms with Crippen molar-refractivity contribution in [3.8, 4) is 11.5 Å². The maximum Gasteiger partial charge on any atom is 0.160 e. The van der Waals surface area contributed by atoms with E-state index in [1.165, 1.54) is 7.11 Å². The molecule has 0 aliphatic rings. The van der Waals surface area contributed by atoms with Crippen molar-refractivity contribution in [3.05, 3.63) is 30.3 Å². The molecule has 0 spiro atoms. The Hall–Kier alpha value is -1.48. The Morgan fingerprint density at radius 3 is 2.79 bits per heavy atom. The fourth-order valence-electron chi connectivity index (χ4n) is 1.23. The zero-order valence-corrected chi connectivity index (χ0v) is 8.29. The topological polar surface area (TPSA) is 55.5 Å². The van der Waals surface area contributed by atoms with Crippen molar-refractivity contribution >= 4 is 5.57 Å². The van der Waals surface area contributed by atoms with Crippen LogP contribution >= 0.6 is 0 Å². The Kier molecular flexibility index (Phi) is 3.54. The Bertz CT molecular complexity index is 334. The first kappa shape index (κ1) is 10.6. The summed E-state index contributed by atoms with van der Waals surface area (Å²) in [5.41, 5.74) is 7.23. The van der Waals surface area contributed by atoms with Crippen molar-refractivity contribution in [3.63, 3.8) is 0 Å². The number of aromatic hydroxyl groups is 1. The van der Waals surface area contributed by atoms with Crippen LogP contribution in [-0.2, 0) is 0 Å². The molecule has 0 amide bonds. The van der Waals surface area contributed by atoms with Crippen LogP contribution in [0.5, 0.6) is 11.5 Å². The number of hydrogen-bond acceptors (Lipinski definition) is 3. The van der Waals surface area contributed by atoms with Gasteiger partial charge in [0.25, 0.3) is 0 Å². The number of methoxy groups -OCH3 is 1. The van der Waals surface area contributed by atoms with Gasteiger partial charge in [-0.3, -0.25) is 0 Å². The highest BCUT2D eigenvalue weighted by Gasteiger charge is 2.04. The van der Waals surface area contributed by atoms with E-state index in [4.69, 9.17) is 10.5 Å². The van der Waals surface area contributed by atoms with Gasteiger partial charge in [0, 0.05) is 0 Å². The molecule has 0 saturated heterocycles. The van der Waals surface area contributed by atoms with Gasteiger partial charge in [-0.05, 0) is 36.2 Å². The molecule has 0 bridgehead atoms. The van der Waals surface area contributed by atoms with Gasteiger partial charge in [-0.25, -0.2) is 0 Å². The minimum Gasteiger partial charge on any atom is -0.504 e. The number of phenolic OH excluding ortho intramolecular Hbond substituents is 1. The van der Waals surface area contributed by atoms with Crippen LogP contribution in [-0.4, -0.2) is 18.8 Å². The summed E-state index contributed by atoms with van der Waals surface area (Å²) in [7, 11) is 1.52. The van der Waals surface area contributed by atoms with Crippen LogP contribution in [0.25, 0.3) is 5.57 Å². The molecule has 0 fully saturated rings. The minimum atomic E-state index is 0.128. The van der Waals surface area contributed by atoms with Crippen molar-refractivity contribution < 1.29 is 9.84 Å². The molecule has 0 aromatic heterocycles. The number of nitrogens with two attached hydrogens (primary N) is 1. The fourth-order valence-corrected chi connectivity index (χ4v) is 1.23. The predicted molar refractivity (Wildman–Crippen MR) is 57.4 cm³/mol. The molecule has 3 N–H and O–H groups in total. The quantitative estimate of drug-likeness (QED) is 0.766. The maximum absolute atomic E-state index is 9.51. The lowest BCUT2D eigenvalue weighted by atomic mass is 10.0. The molecule has 0 radical (unpaired) electrons. The maximum atomic E-state index is 9.51. The average molecular weight is 193 g/mol. The summed E-state index contributed by atoms with van der Waals surface area (Å²) >= 11 is 0. The molecule has 0 aliphatic heterocycles. The molecule has 76 valence electrons. The van der Waals surface area contributed by atoms with Crippen LogP contribution in [0.2, 0.25) is 0 Å². The summed E-state index contributed by atoms with van der Waals surface area (Å²) in [6, 6.07) is 5.21. The third kappa shape index (κ3) is 2.26. The minimum absolute atomic E-state index is 0.128. The standard InChI is InChI=1S/C11H15NO2/c1-8(5-6-12)9-3-4-11(14-2)10(13)7-9/h3-4,7,13H,1,5-6,12H2,2H3. The normalized spacial score (nSPS) is 9.86. The van der Waals surface area contributed by atoms with E-state index in [9.17, 15) is 5.11 Å². The van der Waals surface area contributed by atoms with Gasteiger partial charge in [-0.1, -0.05) is 12.6 Å². The third-order valence-electron chi connectivity index (χ3n) is 2.03. The molecule has 3 nitrogen and oxygen atoms in total. The number of phenols is 1. The Labute approximate surface area is 83.8 Å². The van der Waals surface area contributed by atoms with Crippen molar-refractivity contribution in [2.75, 3.05) is 13.7 Å². The van der Waals surface area contributed by atoms with Crippen molar-refractivity contribution in [1.29, 1.82) is 0 Å². The van der Waals surface area contributed by atoms with E-state index in [0.29, 0.717) is 12.3 Å². The van der Waals surface area contributed by atoms with E-state index in [-0.39, 0.29) is 5.75 Å². The van der Waals surface area contributed by atoms with E-state index in [1.54, 1.807) is 12.1 Å². The zero-order valence-electron chi connectivity index (χ0n) is 8.29. The Balaban J connectivity index is 2.91. The summed E-state index contributed by atoms with van der Waals surface area (Å²) in [5.74, 6) is 0.595. The van der Waals surface area contributed by atoms with Gasteiger partial charge in [0.15, 0.2) is 11.5 Å². The molecule has 0 atom stereocenters. The molecule has 0 heterocycles. The van der Waals surface area contributed by atoms with Crippen molar-refractivity contribution in [2.24, 2.45) is 5.73 Å². The molecule has 1 aromatic rings. The second-order valence-electron chi connectivity index (χ2n) is 3.03. The SMILES string of the molecule is C=C(CCN)c1ccc(OC)c(O)c1. The van der Waals surface area contributed by atoms with Gasteiger partial charge < -0.3 is 15.6 Å². The molecule has 0 unspecified atom stereocenters. The summed E-state index contributed by atoms with van der Waals surface area (Å²) in [4.78, 5) is 0. The number of ether oxygens (including phenoxy) is 1. The van der Waals surface area contributed by atoms with Gasteiger partial charge in [-0.15, -0.1) is 0 Å². The zero-order chi connectivity index (χ0) is 10.6. The first-order chi connectivity index (χ1) is 6.69. The van der Waals surface area contributed by atoms with Crippen LogP contribution in [0.1, 0.15) is 12.0 Å². The van der Waals surface area contributed by atoms with Crippen LogP contribution in [0, 0.1) is 0 Å². The molecule has 1 aromatic carbocycles. The molecule has 0 saturated carbocycles. The first-order valence-corrected chi connectivity index (χ1v) is 4.44. The van der Waals surface area contributed by atoms with Crippen LogP contribution < -0.4 is 10.5 Å². The number of hydrogen-bond donors (Lipinski definition) is 2. The lowest BCUT2D eigenvalue weighted by molar-refractivity contribution is 0.373. The smallest absolute Gasteiger partial charge is 0.160 e. The number of rotatable bonds is 4. The van der Waals surface area contributed by atoms with Gasteiger partial charge in [0.2, 0.25) is 0 Å². The molecule has 0 aliphatic carbocycles. The van der Waals surface area contributed by atoms with Gasteiger partial charge >= 0.3 is 0 Å². The van der Waals surface area contributed by atoms with Crippen LogP contribution in [0.15, 0.2) is 24.8 Å². The van der Waals surface area contributed by atoms with Gasteiger partial charge in [0.1, 0.15) is 0 Å². The highest BCUT2D eigenvalue weighted by atomic mass is 16.5. The molecule has 3 heteroatoms. The van der Waals surface area contributed by atoms with E-state index in [0.717, 1.165) is 17.6 Å². The second kappa shape index (κ2) is 4.67. The summed E-state index contributed by atoms with van der Waals surface area (Å²) in [5, 5.41) is 9.51. The van der Waals surface area contributed by atoms with Crippen molar-refractivity contribution in [2.45, 2.75) is 6.42 Å². The van der Waals surface area contributed by atoms with Crippen molar-refractivity contribution in [1.82, 2.24) is 0 Å². The van der Waals surface area contributed by atoms with E-state index in [2.05, 4.69) is 6.58 Å². The lowest BCUT2D eigenvalue weighted by Gasteiger charge is -2.07. The first-order valence-electron chi connectivity index (χ1n) is 4.44. The predicted octanol–water partition coefficient (Wildman–Crippen LogP) is 1.76. The molecule has 14 heavy (non-hydrogen) atoms. The van der Waals surface area contributed by atoms with Gasteiger partial charge in [0.05, 0.1) is 7.11 Å². The summed E-state index contributed by atoms with van der Waals surface area (Å²) in [6.45, 7) is 4.44. The average Bonchev–Trinajstić information content (AvgIpc) is 2.18. The second-order valence-corrected chi connectivity index (χ2v) is 3.03. The monoisotopic (exact) mass is 193 g/mol. The van der Waals surface area contributed by atoms with E-state index < -0.39 is 0 Å². The number of benzene rings is 1. The Morgan fingerprint density at radius 2 is 2.29 bits per heavy atom. The summed E-state index contributed by atoms with van der Waals surface area (Å²) < 4.78 is 4.94. The third-order valence-corrected chi connectivity index (χ3v) is 2.03. The van der Waals surface area contributed by atoms with Crippen LogP contribution in [0.4, 0.5) is 0 Å². The van der Waals surface area contributed by atoms with E-state index >= 15 is 0 Å². The molecule has 1 rings (SSSR count). The highest BCUT2D eigenvalue weighted by Crippen LogP contribution is 2.29. The summed E-state index contributed by atoms with van der Waals surface area (Å²) in [6.07, 6.45) is 0.728. The lowest BCUT2D eigenvalue weighted by Crippen LogP contribution is -1.99.